The van der Waals surface area contributed by atoms with Crippen molar-refractivity contribution in [3.63, 3.8) is 0 Å². The van der Waals surface area contributed by atoms with Gasteiger partial charge in [-0.15, -0.1) is 10.2 Å². The number of nitrogens with one attached hydrogen (secondary N) is 2. The van der Waals surface area contributed by atoms with E-state index in [1.165, 1.54) is 0 Å². The highest BCUT2D eigenvalue weighted by Gasteiger charge is 2.22. The molecular weight excluding hydrogens is 344 g/mol. The smallest absolute Gasteiger partial charge is 0.325 e. The van der Waals surface area contributed by atoms with Crippen molar-refractivity contribution in [3.05, 3.63) is 30.2 Å². The second-order valence-corrected chi connectivity index (χ2v) is 7.07. The average Bonchev–Trinajstić information content (AvgIpc) is 3.03. The van der Waals surface area contributed by atoms with Gasteiger partial charge in [0.15, 0.2) is 0 Å². The quantitative estimate of drug-likeness (QED) is 0.786. The number of carbonyl (C=O) groups excluding carboxylic acids is 2. The van der Waals surface area contributed by atoms with Crippen LogP contribution in [0.2, 0.25) is 0 Å². The van der Waals surface area contributed by atoms with Crippen LogP contribution in [-0.2, 0) is 10.2 Å². The van der Waals surface area contributed by atoms with Crippen LogP contribution in [0.4, 0.5) is 10.5 Å². The van der Waals surface area contributed by atoms with Crippen molar-refractivity contribution in [2.45, 2.75) is 31.4 Å². The van der Waals surface area contributed by atoms with Gasteiger partial charge in [-0.3, -0.25) is 10.1 Å². The number of hydrogen-bond acceptors (Lipinski definition) is 7. The molecule has 25 heavy (non-hydrogen) atoms. The molecule has 0 unspecified atom stereocenters. The molecule has 0 saturated heterocycles. The number of benzene rings is 1. The van der Waals surface area contributed by atoms with Crippen LogP contribution in [0.15, 0.2) is 33.9 Å². The molecule has 2 rings (SSSR count). The van der Waals surface area contributed by atoms with Crippen molar-refractivity contribution in [2.24, 2.45) is 0 Å². The summed E-state index contributed by atoms with van der Waals surface area (Å²) < 4.78 is 10.5. The minimum atomic E-state index is -0.614. The number of aromatic nitrogens is 2. The Bertz CT molecular complexity index is 737. The summed E-state index contributed by atoms with van der Waals surface area (Å²) in [5.74, 6) is 0.689. The standard InChI is InChI=1S/C16H20N4O4S/c1-16(2,3)13-19-20-15(24-13)25-9-12(21)18-14(22)17-10-5-7-11(23-4)8-6-10/h5-8H,9H2,1-4H3,(H2,17,18,21,22). The lowest BCUT2D eigenvalue weighted by Gasteiger charge is -2.10. The molecule has 2 aromatic rings. The number of rotatable bonds is 5. The van der Waals surface area contributed by atoms with Crippen LogP contribution in [0.3, 0.4) is 0 Å². The Kier molecular flexibility index (Phi) is 6.02. The maximum Gasteiger partial charge on any atom is 0.325 e. The molecule has 2 N–H and O–H groups in total. The van der Waals surface area contributed by atoms with Crippen LogP contribution >= 0.6 is 11.8 Å². The fourth-order valence-corrected chi connectivity index (χ4v) is 2.26. The van der Waals surface area contributed by atoms with E-state index in [-0.39, 0.29) is 16.4 Å². The first-order valence-corrected chi connectivity index (χ1v) is 8.48. The second kappa shape index (κ2) is 8.02. The average molecular weight is 364 g/mol. The summed E-state index contributed by atoms with van der Waals surface area (Å²) in [6, 6.07) is 6.14. The van der Waals surface area contributed by atoms with Gasteiger partial charge in [0.25, 0.3) is 5.22 Å². The number of hydrogen-bond donors (Lipinski definition) is 2. The van der Waals surface area contributed by atoms with Gasteiger partial charge in [0, 0.05) is 11.1 Å². The maximum absolute atomic E-state index is 11.8. The number of anilines is 1. The van der Waals surface area contributed by atoms with Gasteiger partial charge in [0.1, 0.15) is 5.75 Å². The Labute approximate surface area is 149 Å². The summed E-state index contributed by atoms with van der Waals surface area (Å²) in [5.41, 5.74) is 0.289. The number of carbonyl (C=O) groups is 2. The fraction of sp³-hybridized carbons (Fsp3) is 0.375. The van der Waals surface area contributed by atoms with E-state index < -0.39 is 11.9 Å². The molecule has 0 radical (unpaired) electrons. The molecule has 8 nitrogen and oxygen atoms in total. The molecule has 0 aliphatic carbocycles. The van der Waals surface area contributed by atoms with Gasteiger partial charge in [-0.25, -0.2) is 4.79 Å². The van der Waals surface area contributed by atoms with Crippen LogP contribution in [-0.4, -0.2) is 35.0 Å². The summed E-state index contributed by atoms with van der Waals surface area (Å²) in [4.78, 5) is 23.6. The molecule has 0 fully saturated rings. The number of urea groups is 1. The third-order valence-electron chi connectivity index (χ3n) is 2.98. The summed E-state index contributed by atoms with van der Waals surface area (Å²) >= 11 is 1.07. The van der Waals surface area contributed by atoms with E-state index in [4.69, 9.17) is 9.15 Å². The molecule has 0 spiro atoms. The number of imide groups is 1. The fourth-order valence-electron chi connectivity index (χ4n) is 1.70. The van der Waals surface area contributed by atoms with Crippen LogP contribution < -0.4 is 15.4 Å². The lowest BCUT2D eigenvalue weighted by atomic mass is 9.97. The van der Waals surface area contributed by atoms with Crippen molar-refractivity contribution < 1.29 is 18.7 Å². The molecule has 1 aromatic heterocycles. The van der Waals surface area contributed by atoms with Crippen LogP contribution in [0.25, 0.3) is 0 Å². The highest BCUT2D eigenvalue weighted by atomic mass is 32.2. The molecule has 134 valence electrons. The topological polar surface area (TPSA) is 106 Å². The SMILES string of the molecule is COc1ccc(NC(=O)NC(=O)CSc2nnc(C(C)(C)C)o2)cc1. The van der Waals surface area contributed by atoms with E-state index >= 15 is 0 Å². The van der Waals surface area contributed by atoms with Crippen molar-refractivity contribution >= 4 is 29.4 Å². The molecule has 0 aliphatic heterocycles. The molecule has 0 bridgehead atoms. The second-order valence-electron chi connectivity index (χ2n) is 6.14. The van der Waals surface area contributed by atoms with E-state index in [0.717, 1.165) is 11.8 Å². The number of thioether (sulfide) groups is 1. The minimum Gasteiger partial charge on any atom is -0.497 e. The molecule has 1 heterocycles. The Morgan fingerprint density at radius 2 is 1.88 bits per heavy atom. The summed E-state index contributed by atoms with van der Waals surface area (Å²) in [7, 11) is 1.55. The highest BCUT2D eigenvalue weighted by Crippen LogP contribution is 2.24. The normalized spacial score (nSPS) is 11.0. The molecule has 0 saturated carbocycles. The molecule has 1 aromatic carbocycles. The third-order valence-corrected chi connectivity index (χ3v) is 3.79. The zero-order valence-corrected chi connectivity index (χ0v) is 15.3. The predicted molar refractivity (Wildman–Crippen MR) is 93.9 cm³/mol. The summed E-state index contributed by atoms with van der Waals surface area (Å²) in [5, 5.41) is 12.9. The number of nitrogens with zero attached hydrogens (tertiary/aromatic N) is 2. The monoisotopic (exact) mass is 364 g/mol. The molecular formula is C16H20N4O4S. The first kappa shape index (κ1) is 18.8. The van der Waals surface area contributed by atoms with E-state index in [2.05, 4.69) is 20.8 Å². The summed E-state index contributed by atoms with van der Waals surface area (Å²) in [6.07, 6.45) is 0. The summed E-state index contributed by atoms with van der Waals surface area (Å²) in [6.45, 7) is 5.85. The van der Waals surface area contributed by atoms with Gasteiger partial charge in [-0.05, 0) is 24.3 Å². The van der Waals surface area contributed by atoms with Crippen LogP contribution in [0.1, 0.15) is 26.7 Å². The molecule has 3 amide bonds. The minimum absolute atomic E-state index is 0.0121. The third kappa shape index (κ3) is 5.79. The number of methoxy groups -OCH3 is 1. The lowest BCUT2D eigenvalue weighted by molar-refractivity contribution is -0.117. The van der Waals surface area contributed by atoms with E-state index in [1.54, 1.807) is 31.4 Å². The molecule has 0 aliphatic rings. The molecule has 0 atom stereocenters. The zero-order valence-electron chi connectivity index (χ0n) is 14.5. The van der Waals surface area contributed by atoms with Crippen LogP contribution in [0, 0.1) is 0 Å². The van der Waals surface area contributed by atoms with Gasteiger partial charge in [-0.2, -0.15) is 0 Å². The number of ether oxygens (including phenoxy) is 1. The number of amides is 3. The largest absolute Gasteiger partial charge is 0.497 e. The first-order valence-electron chi connectivity index (χ1n) is 7.49. The van der Waals surface area contributed by atoms with Crippen molar-refractivity contribution in [2.75, 3.05) is 18.2 Å². The van der Waals surface area contributed by atoms with Crippen molar-refractivity contribution in [3.8, 4) is 5.75 Å². The van der Waals surface area contributed by atoms with Gasteiger partial charge >= 0.3 is 6.03 Å². The van der Waals surface area contributed by atoms with Gasteiger partial charge in [0.2, 0.25) is 11.8 Å². The maximum atomic E-state index is 11.8. The van der Waals surface area contributed by atoms with Gasteiger partial charge in [0.05, 0.1) is 12.9 Å². The van der Waals surface area contributed by atoms with Crippen molar-refractivity contribution in [1.29, 1.82) is 0 Å². The van der Waals surface area contributed by atoms with Crippen molar-refractivity contribution in [1.82, 2.24) is 15.5 Å². The van der Waals surface area contributed by atoms with Gasteiger partial charge in [-0.1, -0.05) is 32.5 Å². The molecule has 9 heteroatoms. The van der Waals surface area contributed by atoms with Crippen LogP contribution in [0.5, 0.6) is 5.75 Å². The van der Waals surface area contributed by atoms with E-state index in [9.17, 15) is 9.59 Å². The predicted octanol–water partition coefficient (Wildman–Crippen LogP) is 2.82. The van der Waals surface area contributed by atoms with E-state index in [0.29, 0.717) is 17.3 Å². The Balaban J connectivity index is 1.79. The van der Waals surface area contributed by atoms with Gasteiger partial charge < -0.3 is 14.5 Å². The highest BCUT2D eigenvalue weighted by molar-refractivity contribution is 7.99. The Morgan fingerprint density at radius 1 is 1.20 bits per heavy atom. The Morgan fingerprint density at radius 3 is 2.44 bits per heavy atom. The lowest BCUT2D eigenvalue weighted by Crippen LogP contribution is -2.35. The zero-order chi connectivity index (χ0) is 18.4. The first-order chi connectivity index (χ1) is 11.8. The Hall–Kier alpha value is -2.55. The van der Waals surface area contributed by atoms with E-state index in [1.807, 2.05) is 20.8 Å².